The first-order valence-corrected chi connectivity index (χ1v) is 8.14. The first kappa shape index (κ1) is 13.6. The van der Waals surface area contributed by atoms with Crippen LogP contribution in [0.15, 0.2) is 17.4 Å². The maximum Gasteiger partial charge on any atom is 0.187 e. The molecule has 2 aromatic heterocycles. The lowest BCUT2D eigenvalue weighted by Gasteiger charge is -2.27. The van der Waals surface area contributed by atoms with Crippen LogP contribution in [-0.4, -0.2) is 32.7 Å². The molecule has 2 aromatic rings. The van der Waals surface area contributed by atoms with Crippen molar-refractivity contribution in [2.45, 2.75) is 38.5 Å². The van der Waals surface area contributed by atoms with Crippen molar-refractivity contribution in [3.8, 4) is 0 Å². The number of nitrogens with one attached hydrogen (secondary N) is 1. The van der Waals surface area contributed by atoms with Crippen LogP contribution < -0.4 is 0 Å². The van der Waals surface area contributed by atoms with Gasteiger partial charge in [0.25, 0.3) is 0 Å². The summed E-state index contributed by atoms with van der Waals surface area (Å²) in [7, 11) is 0. The summed E-state index contributed by atoms with van der Waals surface area (Å²) in [6.45, 7) is 7.28. The SMILES string of the molecule is CSc1ncc2c(n1)CCN(Cc1cc(C)[nH]c1C)C2. The summed E-state index contributed by atoms with van der Waals surface area (Å²) in [5.74, 6) is 0. The van der Waals surface area contributed by atoms with E-state index < -0.39 is 0 Å². The molecule has 4 nitrogen and oxygen atoms in total. The molecule has 20 heavy (non-hydrogen) atoms. The summed E-state index contributed by atoms with van der Waals surface area (Å²) in [5, 5.41) is 0.884. The minimum absolute atomic E-state index is 0.884. The number of H-pyrrole nitrogens is 1. The molecule has 0 radical (unpaired) electrons. The van der Waals surface area contributed by atoms with Gasteiger partial charge in [-0.15, -0.1) is 0 Å². The lowest BCUT2D eigenvalue weighted by atomic mass is 10.1. The van der Waals surface area contributed by atoms with Gasteiger partial charge in [0.1, 0.15) is 0 Å². The van der Waals surface area contributed by atoms with Crippen molar-refractivity contribution in [3.63, 3.8) is 0 Å². The Morgan fingerprint density at radius 1 is 1.40 bits per heavy atom. The van der Waals surface area contributed by atoms with E-state index in [9.17, 15) is 0 Å². The fraction of sp³-hybridized carbons (Fsp3) is 0.467. The first-order valence-electron chi connectivity index (χ1n) is 6.92. The minimum atomic E-state index is 0.884. The van der Waals surface area contributed by atoms with E-state index >= 15 is 0 Å². The average molecular weight is 288 g/mol. The quantitative estimate of drug-likeness (QED) is 0.697. The van der Waals surface area contributed by atoms with Crippen molar-refractivity contribution in [2.24, 2.45) is 0 Å². The Bertz CT molecular complexity index is 620. The van der Waals surface area contributed by atoms with Crippen LogP contribution in [0, 0.1) is 13.8 Å². The molecule has 0 fully saturated rings. The van der Waals surface area contributed by atoms with E-state index in [0.717, 1.165) is 31.2 Å². The second-order valence-electron chi connectivity index (χ2n) is 5.39. The normalized spacial score (nSPS) is 15.3. The molecule has 1 aliphatic heterocycles. The largest absolute Gasteiger partial charge is 0.362 e. The number of thioether (sulfide) groups is 1. The molecular weight excluding hydrogens is 268 g/mol. The highest BCUT2D eigenvalue weighted by Gasteiger charge is 2.19. The molecule has 1 N–H and O–H groups in total. The third kappa shape index (κ3) is 2.74. The number of aryl methyl sites for hydroxylation is 2. The fourth-order valence-electron chi connectivity index (χ4n) is 2.78. The van der Waals surface area contributed by atoms with Crippen molar-refractivity contribution in [1.29, 1.82) is 0 Å². The Balaban J connectivity index is 1.74. The predicted molar refractivity (Wildman–Crippen MR) is 81.9 cm³/mol. The molecule has 0 saturated carbocycles. The zero-order chi connectivity index (χ0) is 14.1. The Morgan fingerprint density at radius 3 is 2.95 bits per heavy atom. The molecule has 1 aliphatic rings. The molecule has 106 valence electrons. The molecule has 0 amide bonds. The van der Waals surface area contributed by atoms with E-state index in [1.54, 1.807) is 11.8 Å². The predicted octanol–water partition coefficient (Wildman–Crippen LogP) is 2.70. The molecule has 3 heterocycles. The minimum Gasteiger partial charge on any atom is -0.362 e. The maximum absolute atomic E-state index is 4.61. The molecule has 0 unspecified atom stereocenters. The average Bonchev–Trinajstić information content (AvgIpc) is 2.76. The molecule has 0 atom stereocenters. The number of hydrogen-bond donors (Lipinski definition) is 1. The van der Waals surface area contributed by atoms with Crippen LogP contribution >= 0.6 is 11.8 Å². The van der Waals surface area contributed by atoms with Gasteiger partial charge in [0.05, 0.1) is 5.69 Å². The van der Waals surface area contributed by atoms with E-state index in [-0.39, 0.29) is 0 Å². The standard InChI is InChI=1S/C15H20N4S/c1-10-6-12(11(2)17-10)8-19-5-4-14-13(9-19)7-16-15(18-14)20-3/h6-7,17H,4-5,8-9H2,1-3H3. The van der Waals surface area contributed by atoms with E-state index in [4.69, 9.17) is 0 Å². The highest BCUT2D eigenvalue weighted by Crippen LogP contribution is 2.21. The van der Waals surface area contributed by atoms with E-state index in [2.05, 4.69) is 39.8 Å². The van der Waals surface area contributed by atoms with Gasteiger partial charge < -0.3 is 4.98 Å². The van der Waals surface area contributed by atoms with Crippen LogP contribution in [-0.2, 0) is 19.5 Å². The number of aromatic amines is 1. The zero-order valence-corrected chi connectivity index (χ0v) is 13.0. The van der Waals surface area contributed by atoms with Crippen LogP contribution in [0.3, 0.4) is 0 Å². The Hall–Kier alpha value is -1.33. The summed E-state index contributed by atoms with van der Waals surface area (Å²) < 4.78 is 0. The second-order valence-corrected chi connectivity index (χ2v) is 6.17. The van der Waals surface area contributed by atoms with Crippen LogP contribution in [0.1, 0.15) is 28.2 Å². The molecular formula is C15H20N4S. The van der Waals surface area contributed by atoms with Gasteiger partial charge >= 0.3 is 0 Å². The van der Waals surface area contributed by atoms with Gasteiger partial charge in [-0.25, -0.2) is 9.97 Å². The highest BCUT2D eigenvalue weighted by atomic mass is 32.2. The fourth-order valence-corrected chi connectivity index (χ4v) is 3.14. The summed E-state index contributed by atoms with van der Waals surface area (Å²) in [6.07, 6.45) is 5.04. The van der Waals surface area contributed by atoms with Crippen molar-refractivity contribution in [3.05, 3.63) is 40.5 Å². The molecule has 3 rings (SSSR count). The monoisotopic (exact) mass is 288 g/mol. The number of fused-ring (bicyclic) bond motifs is 1. The van der Waals surface area contributed by atoms with Gasteiger partial charge in [-0.1, -0.05) is 11.8 Å². The second kappa shape index (κ2) is 5.58. The molecule has 5 heteroatoms. The van der Waals surface area contributed by atoms with Crippen molar-refractivity contribution < 1.29 is 0 Å². The first-order chi connectivity index (χ1) is 9.65. The lowest BCUT2D eigenvalue weighted by molar-refractivity contribution is 0.242. The number of hydrogen-bond acceptors (Lipinski definition) is 4. The van der Waals surface area contributed by atoms with Gasteiger partial charge in [-0.2, -0.15) is 0 Å². The van der Waals surface area contributed by atoms with Crippen LogP contribution in [0.5, 0.6) is 0 Å². The Kier molecular flexibility index (Phi) is 3.81. The summed E-state index contributed by atoms with van der Waals surface area (Å²) in [4.78, 5) is 14.9. The van der Waals surface area contributed by atoms with Gasteiger partial charge in [0.15, 0.2) is 5.16 Å². The van der Waals surface area contributed by atoms with Crippen LogP contribution in [0.25, 0.3) is 0 Å². The van der Waals surface area contributed by atoms with E-state index in [1.165, 1.54) is 28.2 Å². The van der Waals surface area contributed by atoms with Crippen molar-refractivity contribution in [1.82, 2.24) is 19.9 Å². The zero-order valence-electron chi connectivity index (χ0n) is 12.2. The number of rotatable bonds is 3. The van der Waals surface area contributed by atoms with Crippen LogP contribution in [0.2, 0.25) is 0 Å². The summed E-state index contributed by atoms with van der Waals surface area (Å²) >= 11 is 1.61. The van der Waals surface area contributed by atoms with Gasteiger partial charge in [0.2, 0.25) is 0 Å². The van der Waals surface area contributed by atoms with Gasteiger partial charge in [0, 0.05) is 49.2 Å². The third-order valence-corrected chi connectivity index (χ3v) is 4.39. The Labute approximate surface area is 124 Å². The molecule has 0 bridgehead atoms. The van der Waals surface area contributed by atoms with E-state index in [1.807, 2.05) is 12.5 Å². The molecule has 0 saturated heterocycles. The smallest absolute Gasteiger partial charge is 0.187 e. The van der Waals surface area contributed by atoms with E-state index in [0.29, 0.717) is 0 Å². The lowest BCUT2D eigenvalue weighted by Crippen LogP contribution is -2.31. The number of aromatic nitrogens is 3. The Morgan fingerprint density at radius 2 is 2.25 bits per heavy atom. The molecule has 0 aromatic carbocycles. The molecule has 0 aliphatic carbocycles. The molecule has 0 spiro atoms. The van der Waals surface area contributed by atoms with Crippen molar-refractivity contribution >= 4 is 11.8 Å². The maximum atomic E-state index is 4.61. The summed E-state index contributed by atoms with van der Waals surface area (Å²) in [5.41, 5.74) is 6.42. The topological polar surface area (TPSA) is 44.8 Å². The van der Waals surface area contributed by atoms with Gasteiger partial charge in [-0.3, -0.25) is 4.90 Å². The van der Waals surface area contributed by atoms with Crippen LogP contribution in [0.4, 0.5) is 0 Å². The van der Waals surface area contributed by atoms with Gasteiger partial charge in [-0.05, 0) is 31.7 Å². The highest BCUT2D eigenvalue weighted by molar-refractivity contribution is 7.98. The van der Waals surface area contributed by atoms with Crippen molar-refractivity contribution in [2.75, 3.05) is 12.8 Å². The third-order valence-electron chi connectivity index (χ3n) is 3.82. The number of nitrogens with zero attached hydrogens (tertiary/aromatic N) is 3. The summed E-state index contributed by atoms with van der Waals surface area (Å²) in [6, 6.07) is 2.25.